The molecule has 3 aromatic heterocycles. The number of amides is 2. The highest BCUT2D eigenvalue weighted by molar-refractivity contribution is 6.02. The quantitative estimate of drug-likeness (QED) is 0.656. The molecule has 0 saturated carbocycles. The first-order chi connectivity index (χ1) is 14.9. The highest BCUT2D eigenvalue weighted by Gasteiger charge is 2.32. The van der Waals surface area contributed by atoms with Crippen molar-refractivity contribution < 1.29 is 9.18 Å². The van der Waals surface area contributed by atoms with Gasteiger partial charge in [0.05, 0.1) is 11.4 Å². The third kappa shape index (κ3) is 3.44. The van der Waals surface area contributed by atoms with Crippen molar-refractivity contribution in [3.05, 3.63) is 52.9 Å². The lowest BCUT2D eigenvalue weighted by molar-refractivity contribution is 0.257. The van der Waals surface area contributed by atoms with Gasteiger partial charge in [-0.1, -0.05) is 0 Å². The predicted octanol–water partition coefficient (Wildman–Crippen LogP) is 3.94. The van der Waals surface area contributed by atoms with Crippen molar-refractivity contribution in [3.8, 4) is 0 Å². The molecule has 0 radical (unpaired) electrons. The topological polar surface area (TPSA) is 74.6 Å². The lowest BCUT2D eigenvalue weighted by atomic mass is 9.84. The second kappa shape index (κ2) is 7.60. The summed E-state index contributed by atoms with van der Waals surface area (Å²) in [4.78, 5) is 23.6. The van der Waals surface area contributed by atoms with Crippen molar-refractivity contribution in [2.45, 2.75) is 52.0 Å². The van der Waals surface area contributed by atoms with E-state index in [9.17, 15) is 9.18 Å². The summed E-state index contributed by atoms with van der Waals surface area (Å²) in [6.45, 7) is 7.28. The fraction of sp³-hybridized carbons (Fsp3) is 0.435. The van der Waals surface area contributed by atoms with E-state index in [2.05, 4.69) is 33.6 Å². The number of anilines is 2. The van der Waals surface area contributed by atoms with Gasteiger partial charge in [-0.25, -0.2) is 19.2 Å². The first-order valence-corrected chi connectivity index (χ1v) is 10.9. The number of hydrogen-bond donors (Lipinski definition) is 2. The Kier molecular flexibility index (Phi) is 4.89. The zero-order valence-electron chi connectivity index (χ0n) is 18.1. The minimum atomic E-state index is -0.462. The van der Waals surface area contributed by atoms with E-state index < -0.39 is 5.82 Å². The first-order valence-electron chi connectivity index (χ1n) is 10.9. The number of aryl methyl sites for hydroxylation is 2. The number of fused-ring (bicyclic) bond motifs is 2. The zero-order chi connectivity index (χ0) is 21.7. The SMILES string of the molecule is Cc1cn2cc(NC(=O)N3CCc4c(C5CCN[C@@H](C)C5)ccnc43)c(F)c(C)c2n1. The smallest absolute Gasteiger partial charge is 0.314 e. The summed E-state index contributed by atoms with van der Waals surface area (Å²) in [5.74, 6) is 0.706. The monoisotopic (exact) mass is 422 g/mol. The summed E-state index contributed by atoms with van der Waals surface area (Å²) in [5, 5.41) is 6.25. The van der Waals surface area contributed by atoms with Gasteiger partial charge in [0.25, 0.3) is 0 Å². The molecule has 7 nitrogen and oxygen atoms in total. The Morgan fingerprint density at radius 3 is 2.97 bits per heavy atom. The minimum absolute atomic E-state index is 0.143. The van der Waals surface area contributed by atoms with Crippen LogP contribution in [0.4, 0.5) is 20.7 Å². The number of nitrogens with zero attached hydrogens (tertiary/aromatic N) is 4. The average molecular weight is 423 g/mol. The third-order valence-corrected chi connectivity index (χ3v) is 6.48. The van der Waals surface area contributed by atoms with Crippen LogP contribution in [0.3, 0.4) is 0 Å². The molecular formula is C23H27FN6O. The molecule has 31 heavy (non-hydrogen) atoms. The van der Waals surface area contributed by atoms with Crippen LogP contribution in [-0.4, -0.2) is 39.5 Å². The molecule has 0 bridgehead atoms. The molecule has 2 N–H and O–H groups in total. The van der Waals surface area contributed by atoms with Gasteiger partial charge in [-0.15, -0.1) is 0 Å². The number of carbonyl (C=O) groups excluding carboxylic acids is 1. The zero-order valence-corrected chi connectivity index (χ0v) is 18.1. The van der Waals surface area contributed by atoms with Gasteiger partial charge >= 0.3 is 6.03 Å². The van der Waals surface area contributed by atoms with Crippen LogP contribution in [0.15, 0.2) is 24.7 Å². The molecule has 5 rings (SSSR count). The molecule has 3 aromatic rings. The van der Waals surface area contributed by atoms with Crippen LogP contribution in [0.5, 0.6) is 0 Å². The van der Waals surface area contributed by atoms with Crippen LogP contribution in [-0.2, 0) is 6.42 Å². The van der Waals surface area contributed by atoms with Gasteiger partial charge in [0, 0.05) is 42.3 Å². The lowest BCUT2D eigenvalue weighted by Crippen LogP contribution is -2.35. The van der Waals surface area contributed by atoms with E-state index in [-0.39, 0.29) is 11.7 Å². The highest BCUT2D eigenvalue weighted by atomic mass is 19.1. The number of nitrogens with one attached hydrogen (secondary N) is 2. The van der Waals surface area contributed by atoms with E-state index in [1.165, 1.54) is 5.56 Å². The van der Waals surface area contributed by atoms with Gasteiger partial charge in [-0.05, 0) is 64.1 Å². The highest BCUT2D eigenvalue weighted by Crippen LogP contribution is 2.37. The fourth-order valence-corrected chi connectivity index (χ4v) is 4.97. The molecule has 0 aliphatic carbocycles. The van der Waals surface area contributed by atoms with Gasteiger partial charge in [-0.3, -0.25) is 4.90 Å². The van der Waals surface area contributed by atoms with Crippen LogP contribution in [0, 0.1) is 19.7 Å². The number of urea groups is 1. The van der Waals surface area contributed by atoms with Gasteiger partial charge < -0.3 is 15.0 Å². The molecule has 5 heterocycles. The van der Waals surface area contributed by atoms with Gasteiger partial charge in [0.15, 0.2) is 5.82 Å². The second-order valence-corrected chi connectivity index (χ2v) is 8.71. The van der Waals surface area contributed by atoms with Crippen molar-refractivity contribution in [1.82, 2.24) is 19.7 Å². The van der Waals surface area contributed by atoms with Crippen molar-refractivity contribution in [3.63, 3.8) is 0 Å². The number of hydrogen-bond acceptors (Lipinski definition) is 4. The molecule has 2 aliphatic rings. The normalized spacial score (nSPS) is 20.8. The maximum Gasteiger partial charge on any atom is 0.327 e. The van der Waals surface area contributed by atoms with Crippen molar-refractivity contribution >= 4 is 23.2 Å². The predicted molar refractivity (Wildman–Crippen MR) is 118 cm³/mol. The summed E-state index contributed by atoms with van der Waals surface area (Å²) in [5.41, 5.74) is 4.35. The first kappa shape index (κ1) is 19.9. The molecule has 0 spiro atoms. The van der Waals surface area contributed by atoms with Crippen molar-refractivity contribution in [1.29, 1.82) is 0 Å². The van der Waals surface area contributed by atoms with Crippen LogP contribution < -0.4 is 15.5 Å². The Hall–Kier alpha value is -3.00. The number of carbonyl (C=O) groups is 1. The van der Waals surface area contributed by atoms with Gasteiger partial charge in [0.2, 0.25) is 0 Å². The number of piperidine rings is 1. The van der Waals surface area contributed by atoms with Crippen LogP contribution in [0.2, 0.25) is 0 Å². The van der Waals surface area contributed by atoms with E-state index >= 15 is 0 Å². The number of halogens is 1. The molecule has 2 atom stereocenters. The van der Waals surface area contributed by atoms with E-state index in [0.717, 1.165) is 37.1 Å². The maximum absolute atomic E-state index is 14.9. The fourth-order valence-electron chi connectivity index (χ4n) is 4.97. The largest absolute Gasteiger partial charge is 0.327 e. The van der Waals surface area contributed by atoms with Crippen LogP contribution in [0.25, 0.3) is 5.65 Å². The summed E-state index contributed by atoms with van der Waals surface area (Å²) < 4.78 is 16.7. The van der Waals surface area contributed by atoms with Crippen molar-refractivity contribution in [2.24, 2.45) is 0 Å². The van der Waals surface area contributed by atoms with E-state index in [1.54, 1.807) is 28.6 Å². The Balaban J connectivity index is 1.42. The summed E-state index contributed by atoms with van der Waals surface area (Å²) in [6, 6.07) is 2.22. The molecule has 0 aromatic carbocycles. The molecule has 1 unspecified atom stereocenters. The molecule has 2 amide bonds. The lowest BCUT2D eigenvalue weighted by Gasteiger charge is -2.29. The Labute approximate surface area is 180 Å². The molecule has 2 aliphatic heterocycles. The van der Waals surface area contributed by atoms with E-state index in [1.807, 2.05) is 13.1 Å². The average Bonchev–Trinajstić information content (AvgIpc) is 3.35. The summed E-state index contributed by atoms with van der Waals surface area (Å²) in [6.07, 6.45) is 8.12. The van der Waals surface area contributed by atoms with E-state index in [0.29, 0.717) is 35.5 Å². The Morgan fingerprint density at radius 1 is 1.32 bits per heavy atom. The number of aromatic nitrogens is 3. The molecule has 1 saturated heterocycles. The molecular weight excluding hydrogens is 395 g/mol. The van der Waals surface area contributed by atoms with Crippen molar-refractivity contribution in [2.75, 3.05) is 23.3 Å². The minimum Gasteiger partial charge on any atom is -0.314 e. The summed E-state index contributed by atoms with van der Waals surface area (Å²) in [7, 11) is 0. The van der Waals surface area contributed by atoms with E-state index in [4.69, 9.17) is 0 Å². The summed E-state index contributed by atoms with van der Waals surface area (Å²) >= 11 is 0. The molecule has 1 fully saturated rings. The van der Waals surface area contributed by atoms with Crippen LogP contribution >= 0.6 is 0 Å². The molecule has 8 heteroatoms. The Morgan fingerprint density at radius 2 is 2.16 bits per heavy atom. The van der Waals surface area contributed by atoms with Gasteiger partial charge in [0.1, 0.15) is 11.5 Å². The number of pyridine rings is 2. The third-order valence-electron chi connectivity index (χ3n) is 6.48. The Bertz CT molecular complexity index is 1170. The maximum atomic E-state index is 14.9. The van der Waals surface area contributed by atoms with Crippen LogP contribution in [0.1, 0.15) is 48.1 Å². The number of rotatable bonds is 2. The standard InChI is InChI=1S/C23H27FN6O/c1-13-10-16(4-7-25-13)17-5-8-26-22-18(17)6-9-30(22)23(31)28-19-12-29-11-14(2)27-21(29)15(3)20(19)24/h5,8,11-13,16,25H,4,6-7,9-10H2,1-3H3,(H,28,31)/t13-,16?/m0/s1. The van der Waals surface area contributed by atoms with Gasteiger partial charge in [-0.2, -0.15) is 0 Å². The molecule has 162 valence electrons. The number of imidazole rings is 1. The second-order valence-electron chi connectivity index (χ2n) is 8.71.